The number of aromatic nitrogens is 2. The van der Waals surface area contributed by atoms with E-state index in [0.717, 1.165) is 42.8 Å². The van der Waals surface area contributed by atoms with Crippen molar-refractivity contribution in [1.82, 2.24) is 14.7 Å². The van der Waals surface area contributed by atoms with Gasteiger partial charge in [0, 0.05) is 23.6 Å². The molecule has 0 saturated carbocycles. The normalized spacial score (nSPS) is 11.9. The Morgan fingerprint density at radius 1 is 1.03 bits per heavy atom. The average Bonchev–Trinajstić information content (AvgIpc) is 3.27. The number of alkyl halides is 3. The lowest BCUT2D eigenvalue weighted by Gasteiger charge is -2.22. The third-order valence-corrected chi connectivity index (χ3v) is 6.26. The van der Waals surface area contributed by atoms with Gasteiger partial charge in [0.1, 0.15) is 12.4 Å². The maximum absolute atomic E-state index is 13.2. The smallest absolute Gasteiger partial charge is 0.329 e. The highest BCUT2D eigenvalue weighted by molar-refractivity contribution is 6.32. The molecule has 0 unspecified atom stereocenters. The molecule has 1 heterocycles. The number of hydrogen-bond donors (Lipinski definition) is 1. The van der Waals surface area contributed by atoms with E-state index < -0.39 is 23.6 Å². The van der Waals surface area contributed by atoms with E-state index in [0.29, 0.717) is 22.9 Å². The van der Waals surface area contributed by atoms with Crippen molar-refractivity contribution in [3.63, 3.8) is 0 Å². The molecule has 0 aliphatic heterocycles. The highest BCUT2D eigenvalue weighted by Crippen LogP contribution is 2.30. The van der Waals surface area contributed by atoms with Gasteiger partial charge in [-0.25, -0.2) is 4.68 Å². The second-order valence-corrected chi connectivity index (χ2v) is 10.5. The molecule has 3 aromatic rings. The van der Waals surface area contributed by atoms with Crippen LogP contribution in [0.5, 0.6) is 0 Å². The van der Waals surface area contributed by atoms with E-state index in [1.807, 2.05) is 33.8 Å². The predicted molar refractivity (Wildman–Crippen MR) is 143 cm³/mol. The van der Waals surface area contributed by atoms with Crippen LogP contribution in [-0.4, -0.2) is 39.6 Å². The fraction of sp³-hybridized carbons (Fsp3) is 0.393. The summed E-state index contributed by atoms with van der Waals surface area (Å²) in [7, 11) is 0. The zero-order chi connectivity index (χ0) is 28.1. The van der Waals surface area contributed by atoms with Gasteiger partial charge in [0.25, 0.3) is 5.91 Å². The van der Waals surface area contributed by atoms with Gasteiger partial charge in [-0.15, -0.1) is 0 Å². The number of carbonyl (C=O) groups excluding carboxylic acids is 2. The summed E-state index contributed by atoms with van der Waals surface area (Å²) >= 11 is 6.40. The van der Waals surface area contributed by atoms with E-state index in [4.69, 9.17) is 11.6 Å². The van der Waals surface area contributed by atoms with E-state index in [1.165, 1.54) is 4.90 Å². The van der Waals surface area contributed by atoms with Crippen molar-refractivity contribution in [1.29, 1.82) is 0 Å². The van der Waals surface area contributed by atoms with Crippen LogP contribution in [0.1, 0.15) is 68.6 Å². The van der Waals surface area contributed by atoms with Gasteiger partial charge >= 0.3 is 6.18 Å². The van der Waals surface area contributed by atoms with Gasteiger partial charge in [-0.2, -0.15) is 18.3 Å². The van der Waals surface area contributed by atoms with Crippen LogP contribution in [0.15, 0.2) is 54.6 Å². The number of amides is 2. The first-order chi connectivity index (χ1) is 17.8. The molecule has 3 rings (SSSR count). The van der Waals surface area contributed by atoms with E-state index in [9.17, 15) is 22.8 Å². The fourth-order valence-electron chi connectivity index (χ4n) is 3.79. The molecule has 0 aliphatic carbocycles. The van der Waals surface area contributed by atoms with E-state index in [1.54, 1.807) is 28.9 Å². The molecule has 1 aromatic heterocycles. The number of para-hydroxylation sites is 1. The van der Waals surface area contributed by atoms with Gasteiger partial charge in [0.15, 0.2) is 0 Å². The molecule has 0 aliphatic rings. The average molecular weight is 549 g/mol. The molecule has 0 saturated heterocycles. The van der Waals surface area contributed by atoms with E-state index in [-0.39, 0.29) is 24.1 Å². The summed E-state index contributed by atoms with van der Waals surface area (Å²) in [6.07, 6.45) is -2.10. The lowest BCUT2D eigenvalue weighted by Crippen LogP contribution is -2.39. The second kappa shape index (κ2) is 12.0. The molecule has 10 heteroatoms. The fourth-order valence-corrected chi connectivity index (χ4v) is 4.00. The molecule has 2 amide bonds. The number of benzene rings is 2. The number of unbranched alkanes of at least 4 members (excludes halogenated alkanes) is 2. The molecule has 204 valence electrons. The minimum Gasteiger partial charge on any atom is -0.329 e. The van der Waals surface area contributed by atoms with Crippen LogP contribution in [0.3, 0.4) is 0 Å². The monoisotopic (exact) mass is 548 g/mol. The molecule has 2 aromatic carbocycles. The lowest BCUT2D eigenvalue weighted by molar-refractivity contribution is -0.137. The van der Waals surface area contributed by atoms with Gasteiger partial charge in [-0.05, 0) is 42.8 Å². The van der Waals surface area contributed by atoms with Crippen molar-refractivity contribution >= 4 is 29.2 Å². The highest BCUT2D eigenvalue weighted by atomic mass is 35.5. The van der Waals surface area contributed by atoms with Gasteiger partial charge in [0.05, 0.1) is 22.0 Å². The second-order valence-electron chi connectivity index (χ2n) is 10.1. The molecule has 0 bridgehead atoms. The van der Waals surface area contributed by atoms with Crippen LogP contribution in [0.2, 0.25) is 5.02 Å². The number of nitrogens with one attached hydrogen (secondary N) is 1. The zero-order valence-corrected chi connectivity index (χ0v) is 22.7. The first kappa shape index (κ1) is 29.2. The molecule has 0 atom stereocenters. The molecule has 0 radical (unpaired) electrons. The minimum atomic E-state index is -4.50. The number of halogens is 4. The highest BCUT2D eigenvalue weighted by Gasteiger charge is 2.31. The molecular weight excluding hydrogens is 517 g/mol. The van der Waals surface area contributed by atoms with Crippen LogP contribution < -0.4 is 5.32 Å². The van der Waals surface area contributed by atoms with Gasteiger partial charge in [0.2, 0.25) is 5.91 Å². The summed E-state index contributed by atoms with van der Waals surface area (Å²) in [5.74, 6) is -0.584. The van der Waals surface area contributed by atoms with Gasteiger partial charge in [-0.1, -0.05) is 64.3 Å². The molecule has 6 nitrogen and oxygen atoms in total. The summed E-state index contributed by atoms with van der Waals surface area (Å²) in [6, 6.07) is 12.9. The summed E-state index contributed by atoms with van der Waals surface area (Å²) in [5, 5.41) is 7.96. The molecule has 1 N–H and O–H groups in total. The summed E-state index contributed by atoms with van der Waals surface area (Å²) in [5.41, 5.74) is 0.246. The maximum Gasteiger partial charge on any atom is 0.416 e. The topological polar surface area (TPSA) is 67.2 Å². The van der Waals surface area contributed by atoms with Crippen LogP contribution in [-0.2, 0) is 16.4 Å². The maximum atomic E-state index is 13.2. The first-order valence-corrected chi connectivity index (χ1v) is 12.8. The molecular formula is C28H32ClF3N4O2. The third kappa shape index (κ3) is 7.37. The summed E-state index contributed by atoms with van der Waals surface area (Å²) < 4.78 is 40.4. The first-order valence-electron chi connectivity index (χ1n) is 12.4. The van der Waals surface area contributed by atoms with Crippen LogP contribution >= 0.6 is 11.6 Å². The number of carbonyl (C=O) groups is 2. The molecule has 0 fully saturated rings. The van der Waals surface area contributed by atoms with Crippen molar-refractivity contribution in [3.05, 3.63) is 76.4 Å². The largest absolute Gasteiger partial charge is 0.416 e. The Morgan fingerprint density at radius 2 is 1.68 bits per heavy atom. The van der Waals surface area contributed by atoms with Crippen molar-refractivity contribution in [2.45, 2.75) is 58.5 Å². The molecule has 0 spiro atoms. The van der Waals surface area contributed by atoms with Crippen molar-refractivity contribution < 1.29 is 22.8 Å². The summed E-state index contributed by atoms with van der Waals surface area (Å²) in [4.78, 5) is 27.7. The minimum absolute atomic E-state index is 0.0819. The Hall–Kier alpha value is -3.33. The predicted octanol–water partition coefficient (Wildman–Crippen LogP) is 7.11. The number of anilines is 1. The number of hydrogen-bond acceptors (Lipinski definition) is 3. The van der Waals surface area contributed by atoms with Gasteiger partial charge < -0.3 is 10.2 Å². The number of nitrogens with zero attached hydrogens (tertiary/aromatic N) is 3. The molecule has 38 heavy (non-hydrogen) atoms. The van der Waals surface area contributed by atoms with E-state index >= 15 is 0 Å². The van der Waals surface area contributed by atoms with Crippen LogP contribution in [0.25, 0.3) is 5.69 Å². The lowest BCUT2D eigenvalue weighted by atomic mass is 9.92. The Kier molecular flexibility index (Phi) is 9.25. The summed E-state index contributed by atoms with van der Waals surface area (Å²) in [6.45, 7) is 8.01. The zero-order valence-electron chi connectivity index (χ0n) is 21.9. The van der Waals surface area contributed by atoms with Crippen molar-refractivity contribution in [3.8, 4) is 5.69 Å². The van der Waals surface area contributed by atoms with Crippen molar-refractivity contribution in [2.75, 3.05) is 18.4 Å². The Labute approximate surface area is 225 Å². The number of rotatable bonds is 9. The SMILES string of the molecule is CCCCCN(CC(=O)Nc1cc(C(C)(C)C)nn1-c1ccccc1Cl)C(=O)c1ccc(C(F)(F)F)cc1. The Bertz CT molecular complexity index is 1260. The van der Waals surface area contributed by atoms with Crippen LogP contribution in [0.4, 0.5) is 19.0 Å². The Balaban J connectivity index is 1.86. The standard InChI is InChI=1S/C28H32ClF3N4O2/c1-5-6-9-16-35(26(38)19-12-14-20(15-13-19)28(30,31)32)18-25(37)33-24-17-23(27(2,3)4)34-36(24)22-11-8-7-10-21(22)29/h7-8,10-15,17H,5-6,9,16,18H2,1-4H3,(H,33,37). The van der Waals surface area contributed by atoms with Crippen LogP contribution in [0, 0.1) is 0 Å². The third-order valence-electron chi connectivity index (χ3n) is 5.94. The quantitative estimate of drug-likeness (QED) is 0.290. The van der Waals surface area contributed by atoms with Crippen molar-refractivity contribution in [2.24, 2.45) is 0 Å². The van der Waals surface area contributed by atoms with E-state index in [2.05, 4.69) is 10.4 Å². The van der Waals surface area contributed by atoms with Gasteiger partial charge in [-0.3, -0.25) is 9.59 Å². The Morgan fingerprint density at radius 3 is 2.26 bits per heavy atom.